The summed E-state index contributed by atoms with van der Waals surface area (Å²) < 4.78 is 1.66. The molecule has 0 saturated heterocycles. The molecule has 0 fully saturated rings. The van der Waals surface area contributed by atoms with Crippen molar-refractivity contribution in [2.45, 2.75) is 26.2 Å². The van der Waals surface area contributed by atoms with Gasteiger partial charge in [0.05, 0.1) is 11.1 Å². The standard InChI is InChI=1S/C12H15N7/c1-12(2,3)9-8-10(13)16-17-11(8)19(18-9)7-5-4-6-14-15-7/h4-6H,1-3H3,(H3,13,16,17). The van der Waals surface area contributed by atoms with Gasteiger partial charge in [0.1, 0.15) is 5.82 Å². The van der Waals surface area contributed by atoms with Gasteiger partial charge in [-0.1, -0.05) is 20.8 Å². The summed E-state index contributed by atoms with van der Waals surface area (Å²) in [5, 5.41) is 20.4. The van der Waals surface area contributed by atoms with E-state index >= 15 is 0 Å². The molecule has 0 aliphatic heterocycles. The van der Waals surface area contributed by atoms with E-state index in [-0.39, 0.29) is 5.41 Å². The number of hydrogen-bond donors (Lipinski definition) is 2. The van der Waals surface area contributed by atoms with Crippen molar-refractivity contribution in [3.8, 4) is 5.82 Å². The lowest BCUT2D eigenvalue weighted by atomic mass is 9.91. The number of nitrogens with two attached hydrogens (primary N) is 1. The van der Waals surface area contributed by atoms with E-state index < -0.39 is 0 Å². The number of hydrogen-bond acceptors (Lipinski definition) is 5. The van der Waals surface area contributed by atoms with Gasteiger partial charge in [0.2, 0.25) is 0 Å². The molecule has 0 aliphatic carbocycles. The number of rotatable bonds is 1. The fourth-order valence-electron chi connectivity index (χ4n) is 2.02. The van der Waals surface area contributed by atoms with Crippen LogP contribution in [0.15, 0.2) is 18.3 Å². The maximum atomic E-state index is 5.96. The van der Waals surface area contributed by atoms with E-state index in [4.69, 9.17) is 5.73 Å². The maximum Gasteiger partial charge on any atom is 0.188 e. The second kappa shape index (κ2) is 3.78. The third-order valence-corrected chi connectivity index (χ3v) is 2.90. The number of anilines is 1. The summed E-state index contributed by atoms with van der Waals surface area (Å²) in [6, 6.07) is 3.64. The van der Waals surface area contributed by atoms with E-state index in [2.05, 4.69) is 46.3 Å². The fraction of sp³-hybridized carbons (Fsp3) is 0.333. The Bertz CT molecular complexity index is 718. The van der Waals surface area contributed by atoms with E-state index in [1.54, 1.807) is 10.9 Å². The highest BCUT2D eigenvalue weighted by molar-refractivity contribution is 5.90. The normalized spacial score (nSPS) is 12.2. The molecule has 0 aliphatic rings. The van der Waals surface area contributed by atoms with Gasteiger partial charge in [-0.2, -0.15) is 20.0 Å². The van der Waals surface area contributed by atoms with Crippen molar-refractivity contribution in [3.63, 3.8) is 0 Å². The van der Waals surface area contributed by atoms with Crippen LogP contribution in [0, 0.1) is 0 Å². The van der Waals surface area contributed by atoms with Gasteiger partial charge in [0.25, 0.3) is 0 Å². The zero-order valence-corrected chi connectivity index (χ0v) is 11.0. The van der Waals surface area contributed by atoms with Crippen LogP contribution in [0.1, 0.15) is 26.5 Å². The molecule has 98 valence electrons. The number of aromatic amines is 1. The number of nitrogen functional groups attached to an aromatic ring is 1. The van der Waals surface area contributed by atoms with Crippen molar-refractivity contribution >= 4 is 16.9 Å². The average molecular weight is 257 g/mol. The molecule has 3 aromatic heterocycles. The average Bonchev–Trinajstić information content (AvgIpc) is 2.91. The SMILES string of the molecule is CC(C)(C)c1nn(-c2cccnn2)c2n[nH]c(N)c12. The van der Waals surface area contributed by atoms with Gasteiger partial charge in [-0.3, -0.25) is 5.10 Å². The smallest absolute Gasteiger partial charge is 0.188 e. The van der Waals surface area contributed by atoms with E-state index in [1.165, 1.54) is 0 Å². The maximum absolute atomic E-state index is 5.96. The van der Waals surface area contributed by atoms with Crippen molar-refractivity contribution in [1.82, 2.24) is 30.2 Å². The van der Waals surface area contributed by atoms with Crippen LogP contribution in [0.2, 0.25) is 0 Å². The molecule has 7 heteroatoms. The molecule has 0 bridgehead atoms. The largest absolute Gasteiger partial charge is 0.383 e. The van der Waals surface area contributed by atoms with Crippen molar-refractivity contribution in [1.29, 1.82) is 0 Å². The first-order valence-electron chi connectivity index (χ1n) is 5.99. The molecule has 3 N–H and O–H groups in total. The van der Waals surface area contributed by atoms with Crippen LogP contribution in [-0.2, 0) is 5.41 Å². The van der Waals surface area contributed by atoms with E-state index in [0.29, 0.717) is 17.3 Å². The number of nitrogens with zero attached hydrogens (tertiary/aromatic N) is 5. The van der Waals surface area contributed by atoms with Gasteiger partial charge in [-0.15, -0.1) is 5.10 Å². The van der Waals surface area contributed by atoms with Crippen molar-refractivity contribution < 1.29 is 0 Å². The first kappa shape index (κ1) is 11.6. The van der Waals surface area contributed by atoms with Gasteiger partial charge in [0, 0.05) is 11.6 Å². The van der Waals surface area contributed by atoms with Crippen molar-refractivity contribution in [3.05, 3.63) is 24.0 Å². The first-order valence-corrected chi connectivity index (χ1v) is 5.99. The molecular formula is C12H15N7. The minimum Gasteiger partial charge on any atom is -0.383 e. The predicted octanol–water partition coefficient (Wildman–Crippen LogP) is 1.42. The van der Waals surface area contributed by atoms with Gasteiger partial charge in [-0.25, -0.2) is 0 Å². The van der Waals surface area contributed by atoms with E-state index in [1.807, 2.05) is 12.1 Å². The third kappa shape index (κ3) is 1.74. The molecule has 0 saturated carbocycles. The van der Waals surface area contributed by atoms with Gasteiger partial charge in [0.15, 0.2) is 11.5 Å². The topological polar surface area (TPSA) is 98.3 Å². The van der Waals surface area contributed by atoms with Gasteiger partial charge >= 0.3 is 0 Å². The second-order valence-corrected chi connectivity index (χ2v) is 5.43. The summed E-state index contributed by atoms with van der Waals surface area (Å²) in [6.07, 6.45) is 1.62. The number of H-pyrrole nitrogens is 1. The highest BCUT2D eigenvalue weighted by Gasteiger charge is 2.26. The fourth-order valence-corrected chi connectivity index (χ4v) is 2.02. The molecule has 7 nitrogen and oxygen atoms in total. The van der Waals surface area contributed by atoms with Gasteiger partial charge < -0.3 is 5.73 Å². The molecule has 0 unspecified atom stereocenters. The van der Waals surface area contributed by atoms with E-state index in [0.717, 1.165) is 11.1 Å². The Labute approximate surface area is 109 Å². The summed E-state index contributed by atoms with van der Waals surface area (Å²) in [7, 11) is 0. The van der Waals surface area contributed by atoms with Crippen LogP contribution in [0.25, 0.3) is 16.9 Å². The Hall–Kier alpha value is -2.44. The Morgan fingerprint density at radius 1 is 1.32 bits per heavy atom. The minimum atomic E-state index is -0.135. The summed E-state index contributed by atoms with van der Waals surface area (Å²) >= 11 is 0. The van der Waals surface area contributed by atoms with Crippen molar-refractivity contribution in [2.24, 2.45) is 0 Å². The highest BCUT2D eigenvalue weighted by Crippen LogP contribution is 2.32. The Kier molecular flexibility index (Phi) is 2.31. The quantitative estimate of drug-likeness (QED) is 0.687. The molecule has 0 aromatic carbocycles. The molecule has 0 radical (unpaired) electrons. The number of aromatic nitrogens is 6. The van der Waals surface area contributed by atoms with Crippen LogP contribution in [0.3, 0.4) is 0 Å². The molecule has 3 aromatic rings. The summed E-state index contributed by atoms with van der Waals surface area (Å²) in [5.74, 6) is 1.14. The number of fused-ring (bicyclic) bond motifs is 1. The minimum absolute atomic E-state index is 0.135. The lowest BCUT2D eigenvalue weighted by molar-refractivity contribution is 0.563. The zero-order valence-electron chi connectivity index (χ0n) is 11.0. The van der Waals surface area contributed by atoms with Crippen molar-refractivity contribution in [2.75, 3.05) is 5.73 Å². The monoisotopic (exact) mass is 257 g/mol. The summed E-state index contributed by atoms with van der Waals surface area (Å²) in [6.45, 7) is 6.26. The summed E-state index contributed by atoms with van der Waals surface area (Å²) in [5.41, 5.74) is 7.38. The van der Waals surface area contributed by atoms with Crippen LogP contribution >= 0.6 is 0 Å². The number of nitrogens with one attached hydrogen (secondary N) is 1. The van der Waals surface area contributed by atoms with E-state index in [9.17, 15) is 0 Å². The van der Waals surface area contributed by atoms with Crippen LogP contribution < -0.4 is 5.73 Å². The first-order chi connectivity index (χ1) is 8.98. The van der Waals surface area contributed by atoms with Crippen LogP contribution in [0.5, 0.6) is 0 Å². The molecular weight excluding hydrogens is 242 g/mol. The molecule has 3 rings (SSSR count). The Morgan fingerprint density at radius 3 is 2.74 bits per heavy atom. The molecule has 0 spiro atoms. The second-order valence-electron chi connectivity index (χ2n) is 5.43. The zero-order chi connectivity index (χ0) is 13.6. The molecule has 3 heterocycles. The lowest BCUT2D eigenvalue weighted by Crippen LogP contribution is -2.14. The third-order valence-electron chi connectivity index (χ3n) is 2.90. The Balaban J connectivity index is 2.34. The predicted molar refractivity (Wildman–Crippen MR) is 71.9 cm³/mol. The van der Waals surface area contributed by atoms with Crippen LogP contribution in [-0.4, -0.2) is 30.2 Å². The highest BCUT2D eigenvalue weighted by atomic mass is 15.4. The Morgan fingerprint density at radius 2 is 2.11 bits per heavy atom. The lowest BCUT2D eigenvalue weighted by Gasteiger charge is -2.15. The van der Waals surface area contributed by atoms with Crippen LogP contribution in [0.4, 0.5) is 5.82 Å². The molecule has 0 amide bonds. The molecule has 0 atom stereocenters. The summed E-state index contributed by atoms with van der Waals surface area (Å²) in [4.78, 5) is 0. The van der Waals surface area contributed by atoms with Gasteiger partial charge in [-0.05, 0) is 12.1 Å². The molecule has 19 heavy (non-hydrogen) atoms.